The van der Waals surface area contributed by atoms with Gasteiger partial charge in [0.2, 0.25) is 0 Å². The molecule has 0 fully saturated rings. The molecule has 1 unspecified atom stereocenters. The average molecular weight is 171 g/mol. The summed E-state index contributed by atoms with van der Waals surface area (Å²) in [5.74, 6) is 5.62. The molecule has 0 aliphatic rings. The van der Waals surface area contributed by atoms with Gasteiger partial charge in [-0.3, -0.25) is 4.98 Å². The van der Waals surface area contributed by atoms with Gasteiger partial charge in [-0.25, -0.2) is 0 Å². The average Bonchev–Trinajstić information content (AvgIpc) is 2.15. The fraction of sp³-hybridized carbons (Fsp3) is 0.200. The lowest BCUT2D eigenvalue weighted by Gasteiger charge is -1.91. The van der Waals surface area contributed by atoms with E-state index in [9.17, 15) is 0 Å². The van der Waals surface area contributed by atoms with Crippen molar-refractivity contribution >= 4 is 0 Å². The van der Waals surface area contributed by atoms with Gasteiger partial charge in [0.25, 0.3) is 0 Å². The van der Waals surface area contributed by atoms with E-state index in [-0.39, 0.29) is 6.04 Å². The van der Waals surface area contributed by atoms with E-state index < -0.39 is 0 Å². The van der Waals surface area contributed by atoms with Crippen molar-refractivity contribution in [2.75, 3.05) is 0 Å². The first-order chi connectivity index (χ1) is 6.22. The molecule has 64 valence electrons. The maximum absolute atomic E-state index is 8.58. The topological polar surface area (TPSA) is 62.7 Å². The third kappa shape index (κ3) is 2.94. The standard InChI is InChI=1S/C10H9N3/c1-8(12)2-3-9-4-10(5-11)7-13-6-9/h4,6-8H,12H2,1H3. The molecule has 3 heteroatoms. The Morgan fingerprint density at radius 3 is 2.77 bits per heavy atom. The van der Waals surface area contributed by atoms with Crippen molar-refractivity contribution in [2.45, 2.75) is 13.0 Å². The summed E-state index contributed by atoms with van der Waals surface area (Å²) in [7, 11) is 0. The smallest absolute Gasteiger partial charge is 0.101 e. The van der Waals surface area contributed by atoms with E-state index in [0.717, 1.165) is 5.56 Å². The van der Waals surface area contributed by atoms with Crippen molar-refractivity contribution in [1.82, 2.24) is 4.98 Å². The van der Waals surface area contributed by atoms with Crippen LogP contribution in [0.5, 0.6) is 0 Å². The molecule has 0 radical (unpaired) electrons. The van der Waals surface area contributed by atoms with Crippen LogP contribution < -0.4 is 5.73 Å². The highest BCUT2D eigenvalue weighted by Gasteiger charge is 1.91. The lowest BCUT2D eigenvalue weighted by atomic mass is 10.2. The normalized spacial score (nSPS) is 10.8. The first-order valence-corrected chi connectivity index (χ1v) is 3.84. The van der Waals surface area contributed by atoms with Gasteiger partial charge in [-0.05, 0) is 13.0 Å². The number of hydrogen-bond acceptors (Lipinski definition) is 3. The van der Waals surface area contributed by atoms with E-state index >= 15 is 0 Å². The molecule has 1 aromatic rings. The number of nitriles is 1. The Morgan fingerprint density at radius 2 is 2.15 bits per heavy atom. The maximum Gasteiger partial charge on any atom is 0.101 e. The monoisotopic (exact) mass is 171 g/mol. The van der Waals surface area contributed by atoms with Crippen molar-refractivity contribution in [2.24, 2.45) is 5.73 Å². The van der Waals surface area contributed by atoms with Crippen LogP contribution in [-0.4, -0.2) is 11.0 Å². The minimum atomic E-state index is -0.161. The fourth-order valence-corrected chi connectivity index (χ4v) is 0.767. The van der Waals surface area contributed by atoms with E-state index in [1.54, 1.807) is 19.2 Å². The highest BCUT2D eigenvalue weighted by Crippen LogP contribution is 1.98. The van der Waals surface area contributed by atoms with E-state index in [4.69, 9.17) is 11.0 Å². The quantitative estimate of drug-likeness (QED) is 0.583. The zero-order chi connectivity index (χ0) is 9.68. The van der Waals surface area contributed by atoms with Crippen LogP contribution in [0.2, 0.25) is 0 Å². The Balaban J connectivity index is 2.93. The van der Waals surface area contributed by atoms with Gasteiger partial charge in [0.1, 0.15) is 6.07 Å². The summed E-state index contributed by atoms with van der Waals surface area (Å²) in [5.41, 5.74) is 6.68. The molecule has 0 bridgehead atoms. The molecule has 1 rings (SSSR count). The van der Waals surface area contributed by atoms with Crippen LogP contribution >= 0.6 is 0 Å². The van der Waals surface area contributed by atoms with E-state index in [1.807, 2.05) is 6.07 Å². The highest BCUT2D eigenvalue weighted by molar-refractivity contribution is 5.39. The molecular formula is C10H9N3. The van der Waals surface area contributed by atoms with E-state index in [2.05, 4.69) is 16.8 Å². The lowest BCUT2D eigenvalue weighted by molar-refractivity contribution is 0.959. The SMILES string of the molecule is CC(N)C#Cc1cncc(C#N)c1. The lowest BCUT2D eigenvalue weighted by Crippen LogP contribution is -2.10. The molecule has 3 nitrogen and oxygen atoms in total. The van der Waals surface area contributed by atoms with Gasteiger partial charge in [0, 0.05) is 18.0 Å². The molecule has 0 aliphatic heterocycles. The van der Waals surface area contributed by atoms with E-state index in [0.29, 0.717) is 5.56 Å². The number of aromatic nitrogens is 1. The van der Waals surface area contributed by atoms with Crippen molar-refractivity contribution < 1.29 is 0 Å². The number of nitrogens with zero attached hydrogens (tertiary/aromatic N) is 2. The van der Waals surface area contributed by atoms with Gasteiger partial charge in [-0.15, -0.1) is 0 Å². The van der Waals surface area contributed by atoms with Crippen LogP contribution in [0.1, 0.15) is 18.1 Å². The predicted molar refractivity (Wildman–Crippen MR) is 49.5 cm³/mol. The van der Waals surface area contributed by atoms with Gasteiger partial charge >= 0.3 is 0 Å². The fourth-order valence-electron chi connectivity index (χ4n) is 0.767. The van der Waals surface area contributed by atoms with Crippen LogP contribution in [-0.2, 0) is 0 Å². The molecule has 0 aliphatic carbocycles. The minimum absolute atomic E-state index is 0.161. The zero-order valence-corrected chi connectivity index (χ0v) is 7.28. The molecule has 0 saturated heterocycles. The summed E-state index contributed by atoms with van der Waals surface area (Å²) in [6.07, 6.45) is 3.10. The number of nitrogens with two attached hydrogens (primary N) is 1. The third-order valence-corrected chi connectivity index (χ3v) is 1.31. The first kappa shape index (κ1) is 9.25. The zero-order valence-electron chi connectivity index (χ0n) is 7.28. The van der Waals surface area contributed by atoms with Crippen LogP contribution in [0, 0.1) is 23.2 Å². The summed E-state index contributed by atoms with van der Waals surface area (Å²) >= 11 is 0. The number of pyridine rings is 1. The van der Waals surface area contributed by atoms with Crippen LogP contribution in [0.3, 0.4) is 0 Å². The largest absolute Gasteiger partial charge is 0.318 e. The molecule has 0 amide bonds. The van der Waals surface area contributed by atoms with Crippen molar-refractivity contribution in [3.05, 3.63) is 29.6 Å². The van der Waals surface area contributed by atoms with Crippen LogP contribution in [0.4, 0.5) is 0 Å². The van der Waals surface area contributed by atoms with Gasteiger partial charge in [-0.2, -0.15) is 5.26 Å². The van der Waals surface area contributed by atoms with Crippen molar-refractivity contribution in [3.8, 4) is 17.9 Å². The molecule has 0 spiro atoms. The predicted octanol–water partition coefficient (Wildman–Crippen LogP) is 0.652. The van der Waals surface area contributed by atoms with Crippen molar-refractivity contribution in [3.63, 3.8) is 0 Å². The summed E-state index contributed by atoms with van der Waals surface area (Å²) in [6.45, 7) is 1.80. The van der Waals surface area contributed by atoms with E-state index in [1.165, 1.54) is 6.20 Å². The van der Waals surface area contributed by atoms with Gasteiger partial charge in [-0.1, -0.05) is 11.8 Å². The third-order valence-electron chi connectivity index (χ3n) is 1.31. The Labute approximate surface area is 77.2 Å². The maximum atomic E-state index is 8.58. The molecule has 0 aromatic carbocycles. The molecular weight excluding hydrogens is 162 g/mol. The van der Waals surface area contributed by atoms with Gasteiger partial charge in [0.05, 0.1) is 11.6 Å². The van der Waals surface area contributed by atoms with Gasteiger partial charge in [0.15, 0.2) is 0 Å². The molecule has 1 atom stereocenters. The Bertz CT molecular complexity index is 391. The molecule has 1 heterocycles. The molecule has 13 heavy (non-hydrogen) atoms. The summed E-state index contributed by atoms with van der Waals surface area (Å²) in [6, 6.07) is 3.52. The second-order valence-electron chi connectivity index (χ2n) is 2.63. The van der Waals surface area contributed by atoms with Crippen LogP contribution in [0.25, 0.3) is 0 Å². The molecule has 1 aromatic heterocycles. The second kappa shape index (κ2) is 4.25. The highest BCUT2D eigenvalue weighted by atomic mass is 14.6. The summed E-state index contributed by atoms with van der Waals surface area (Å²) < 4.78 is 0. The summed E-state index contributed by atoms with van der Waals surface area (Å²) in [5, 5.41) is 8.58. The molecule has 2 N–H and O–H groups in total. The van der Waals surface area contributed by atoms with Gasteiger partial charge < -0.3 is 5.73 Å². The molecule has 0 saturated carbocycles. The second-order valence-corrected chi connectivity index (χ2v) is 2.63. The Morgan fingerprint density at radius 1 is 1.46 bits per heavy atom. The Hall–Kier alpha value is -1.84. The first-order valence-electron chi connectivity index (χ1n) is 3.84. The minimum Gasteiger partial charge on any atom is -0.318 e. The number of rotatable bonds is 0. The van der Waals surface area contributed by atoms with Crippen LogP contribution in [0.15, 0.2) is 18.5 Å². The van der Waals surface area contributed by atoms with Crippen molar-refractivity contribution in [1.29, 1.82) is 5.26 Å². The summed E-state index contributed by atoms with van der Waals surface area (Å²) in [4.78, 5) is 3.87. The Kier molecular flexibility index (Phi) is 3.03. The number of hydrogen-bond donors (Lipinski definition) is 1.